The minimum absolute atomic E-state index is 0.112. The molecule has 3 aromatic rings. The third-order valence-electron chi connectivity index (χ3n) is 5.20. The Morgan fingerprint density at radius 1 is 1.21 bits per heavy atom. The maximum absolute atomic E-state index is 12.7. The molecule has 0 bridgehead atoms. The number of amides is 2. The van der Waals surface area contributed by atoms with Gasteiger partial charge in [-0.3, -0.25) is 9.59 Å². The Morgan fingerprint density at radius 3 is 2.82 bits per heavy atom. The molecule has 1 aliphatic rings. The maximum Gasteiger partial charge on any atom is 0.255 e. The molecule has 1 N–H and O–H groups in total. The largest absolute Gasteiger partial charge is 0.331 e. The number of imidazole rings is 1. The monoisotopic (exact) mass is 376 g/mol. The highest BCUT2D eigenvalue weighted by atomic mass is 16.2. The van der Waals surface area contributed by atoms with E-state index in [1.165, 1.54) is 0 Å². The second-order valence-electron chi connectivity index (χ2n) is 7.19. The summed E-state index contributed by atoms with van der Waals surface area (Å²) >= 11 is 0. The van der Waals surface area contributed by atoms with Crippen molar-refractivity contribution in [2.45, 2.75) is 32.6 Å². The van der Waals surface area contributed by atoms with Crippen molar-refractivity contribution in [2.75, 3.05) is 16.8 Å². The fraction of sp³-hybridized carbons (Fsp3) is 0.318. The van der Waals surface area contributed by atoms with E-state index in [1.54, 1.807) is 17.0 Å². The lowest BCUT2D eigenvalue weighted by Crippen LogP contribution is -2.24. The molecule has 0 aliphatic carbocycles. The van der Waals surface area contributed by atoms with E-state index in [1.807, 2.05) is 37.4 Å². The topological polar surface area (TPSA) is 67.2 Å². The number of aryl methyl sites for hydroxylation is 2. The Bertz CT molecular complexity index is 1050. The van der Waals surface area contributed by atoms with E-state index in [4.69, 9.17) is 0 Å². The van der Waals surface area contributed by atoms with Gasteiger partial charge in [0.1, 0.15) is 5.82 Å². The number of carbonyl (C=O) groups is 2. The number of nitrogens with zero attached hydrogens (tertiary/aromatic N) is 3. The first-order chi connectivity index (χ1) is 13.6. The molecule has 144 valence electrons. The van der Waals surface area contributed by atoms with Gasteiger partial charge in [-0.25, -0.2) is 4.98 Å². The number of benzene rings is 2. The fourth-order valence-electron chi connectivity index (χ4n) is 3.71. The highest BCUT2D eigenvalue weighted by Crippen LogP contribution is 2.24. The Labute approximate surface area is 164 Å². The summed E-state index contributed by atoms with van der Waals surface area (Å²) in [5, 5.41) is 2.95. The van der Waals surface area contributed by atoms with E-state index >= 15 is 0 Å². The molecule has 0 atom stereocenters. The number of fused-ring (bicyclic) bond motifs is 1. The predicted octanol–water partition coefficient (Wildman–Crippen LogP) is 3.90. The molecule has 2 amide bonds. The van der Waals surface area contributed by atoms with Crippen LogP contribution in [0.5, 0.6) is 0 Å². The average Bonchev–Trinajstić information content (AvgIpc) is 3.25. The lowest BCUT2D eigenvalue weighted by Gasteiger charge is -2.16. The zero-order valence-corrected chi connectivity index (χ0v) is 16.2. The van der Waals surface area contributed by atoms with Gasteiger partial charge in [0, 0.05) is 43.4 Å². The number of nitrogens with one attached hydrogen (secondary N) is 1. The zero-order valence-electron chi connectivity index (χ0n) is 16.2. The molecule has 1 saturated heterocycles. The molecule has 2 aromatic carbocycles. The van der Waals surface area contributed by atoms with Gasteiger partial charge in [0.25, 0.3) is 5.91 Å². The average molecular weight is 376 g/mol. The summed E-state index contributed by atoms with van der Waals surface area (Å²) in [6.45, 7) is 2.84. The molecule has 0 saturated carbocycles. The van der Waals surface area contributed by atoms with Crippen LogP contribution < -0.4 is 10.2 Å². The van der Waals surface area contributed by atoms with Crippen molar-refractivity contribution in [3.8, 4) is 0 Å². The van der Waals surface area contributed by atoms with Crippen molar-refractivity contribution in [2.24, 2.45) is 7.05 Å². The van der Waals surface area contributed by atoms with E-state index in [-0.39, 0.29) is 11.8 Å². The number of carbonyl (C=O) groups excluding carboxylic acids is 2. The van der Waals surface area contributed by atoms with Crippen LogP contribution in [0.25, 0.3) is 11.0 Å². The molecular formula is C22H24N4O2. The number of hydrogen-bond acceptors (Lipinski definition) is 3. The van der Waals surface area contributed by atoms with Crippen LogP contribution in [0.4, 0.5) is 11.4 Å². The Morgan fingerprint density at radius 2 is 2.07 bits per heavy atom. The highest BCUT2D eigenvalue weighted by molar-refractivity contribution is 6.06. The minimum Gasteiger partial charge on any atom is -0.331 e. The molecule has 6 heteroatoms. The van der Waals surface area contributed by atoms with Crippen LogP contribution in [-0.2, 0) is 18.3 Å². The third-order valence-corrected chi connectivity index (χ3v) is 5.20. The van der Waals surface area contributed by atoms with Gasteiger partial charge in [-0.15, -0.1) is 0 Å². The summed E-state index contributed by atoms with van der Waals surface area (Å²) in [6.07, 6.45) is 3.39. The quantitative estimate of drug-likeness (QED) is 0.734. The number of aromatic nitrogens is 2. The number of anilines is 2. The van der Waals surface area contributed by atoms with Gasteiger partial charge in [0.2, 0.25) is 5.91 Å². The standard InChI is InChI=1S/C22H24N4O2/c1-3-6-20-24-18-14-16(10-11-19(18)25(20)2)23-22(28)15-7-4-8-17(13-15)26-12-5-9-21(26)27/h4,7-8,10-11,13-14H,3,5-6,9,12H2,1-2H3,(H,23,28). The smallest absolute Gasteiger partial charge is 0.255 e. The fourth-order valence-corrected chi connectivity index (χ4v) is 3.71. The summed E-state index contributed by atoms with van der Waals surface area (Å²) in [6, 6.07) is 13.0. The normalized spacial score (nSPS) is 14.1. The molecule has 4 rings (SSSR count). The van der Waals surface area contributed by atoms with Gasteiger partial charge in [0.15, 0.2) is 0 Å². The van der Waals surface area contributed by atoms with Crippen LogP contribution in [0.1, 0.15) is 42.4 Å². The summed E-state index contributed by atoms with van der Waals surface area (Å²) in [5.74, 6) is 0.961. The second kappa shape index (κ2) is 7.46. The summed E-state index contributed by atoms with van der Waals surface area (Å²) < 4.78 is 2.10. The third kappa shape index (κ3) is 3.38. The van der Waals surface area contributed by atoms with Crippen molar-refractivity contribution < 1.29 is 9.59 Å². The first-order valence-corrected chi connectivity index (χ1v) is 9.74. The molecule has 0 radical (unpaired) electrons. The van der Waals surface area contributed by atoms with Gasteiger partial charge in [-0.05, 0) is 49.2 Å². The van der Waals surface area contributed by atoms with Crippen LogP contribution in [-0.4, -0.2) is 27.9 Å². The van der Waals surface area contributed by atoms with E-state index in [9.17, 15) is 9.59 Å². The lowest BCUT2D eigenvalue weighted by atomic mass is 10.1. The van der Waals surface area contributed by atoms with Crippen LogP contribution in [0.3, 0.4) is 0 Å². The van der Waals surface area contributed by atoms with Gasteiger partial charge in [-0.1, -0.05) is 13.0 Å². The Balaban J connectivity index is 1.56. The van der Waals surface area contributed by atoms with Crippen LogP contribution >= 0.6 is 0 Å². The van der Waals surface area contributed by atoms with Gasteiger partial charge in [0.05, 0.1) is 11.0 Å². The van der Waals surface area contributed by atoms with Crippen LogP contribution in [0.2, 0.25) is 0 Å². The van der Waals surface area contributed by atoms with E-state index < -0.39 is 0 Å². The highest BCUT2D eigenvalue weighted by Gasteiger charge is 2.22. The molecule has 1 fully saturated rings. The van der Waals surface area contributed by atoms with Crippen LogP contribution in [0, 0.1) is 0 Å². The predicted molar refractivity (Wildman–Crippen MR) is 111 cm³/mol. The van der Waals surface area contributed by atoms with E-state index in [0.717, 1.165) is 41.8 Å². The first kappa shape index (κ1) is 18.2. The Hall–Kier alpha value is -3.15. The first-order valence-electron chi connectivity index (χ1n) is 9.74. The molecule has 28 heavy (non-hydrogen) atoms. The van der Waals surface area contributed by atoms with Crippen molar-refractivity contribution in [3.63, 3.8) is 0 Å². The molecule has 2 heterocycles. The molecule has 1 aliphatic heterocycles. The van der Waals surface area contributed by atoms with E-state index in [2.05, 4.69) is 21.8 Å². The minimum atomic E-state index is -0.197. The summed E-state index contributed by atoms with van der Waals surface area (Å²) in [4.78, 5) is 31.1. The van der Waals surface area contributed by atoms with Crippen molar-refractivity contribution in [1.82, 2.24) is 9.55 Å². The lowest BCUT2D eigenvalue weighted by molar-refractivity contribution is -0.117. The zero-order chi connectivity index (χ0) is 19.7. The van der Waals surface area contributed by atoms with Crippen molar-refractivity contribution in [3.05, 3.63) is 53.9 Å². The van der Waals surface area contributed by atoms with Crippen molar-refractivity contribution in [1.29, 1.82) is 0 Å². The Kier molecular flexibility index (Phi) is 4.86. The van der Waals surface area contributed by atoms with Gasteiger partial charge >= 0.3 is 0 Å². The number of rotatable bonds is 5. The van der Waals surface area contributed by atoms with Gasteiger partial charge in [-0.2, -0.15) is 0 Å². The maximum atomic E-state index is 12.7. The molecule has 1 aromatic heterocycles. The SMILES string of the molecule is CCCc1nc2cc(NC(=O)c3cccc(N4CCCC4=O)c3)ccc2n1C. The van der Waals surface area contributed by atoms with E-state index in [0.29, 0.717) is 24.2 Å². The molecule has 0 spiro atoms. The summed E-state index contributed by atoms with van der Waals surface area (Å²) in [7, 11) is 2.02. The van der Waals surface area contributed by atoms with Crippen LogP contribution in [0.15, 0.2) is 42.5 Å². The molecule has 0 unspecified atom stereocenters. The summed E-state index contributed by atoms with van der Waals surface area (Å²) in [5.41, 5.74) is 3.95. The second-order valence-corrected chi connectivity index (χ2v) is 7.19. The van der Waals surface area contributed by atoms with Gasteiger partial charge < -0.3 is 14.8 Å². The molecule has 6 nitrogen and oxygen atoms in total. The molecular weight excluding hydrogens is 352 g/mol. The van der Waals surface area contributed by atoms with Crippen molar-refractivity contribution >= 4 is 34.2 Å². The number of hydrogen-bond donors (Lipinski definition) is 1.